The van der Waals surface area contributed by atoms with E-state index in [9.17, 15) is 5.11 Å². The number of benzene rings is 2. The number of fused-ring (bicyclic) bond motifs is 2. The summed E-state index contributed by atoms with van der Waals surface area (Å²) in [6, 6.07) is 7.60. The third-order valence-corrected chi connectivity index (χ3v) is 5.48. The van der Waals surface area contributed by atoms with Crippen LogP contribution < -0.4 is 14.2 Å². The Morgan fingerprint density at radius 3 is 2.44 bits per heavy atom. The van der Waals surface area contributed by atoms with E-state index in [1.165, 1.54) is 0 Å². The summed E-state index contributed by atoms with van der Waals surface area (Å²) in [6.45, 7) is 10.4. The van der Waals surface area contributed by atoms with E-state index in [2.05, 4.69) is 27.7 Å². The van der Waals surface area contributed by atoms with E-state index in [1.54, 1.807) is 6.07 Å². The Labute approximate surface area is 161 Å². The Hall–Kier alpha value is -2.36. The number of rotatable bonds is 2. The van der Waals surface area contributed by atoms with E-state index in [0.717, 1.165) is 53.9 Å². The maximum absolute atomic E-state index is 10.5. The highest BCUT2D eigenvalue weighted by Crippen LogP contribution is 2.47. The van der Waals surface area contributed by atoms with Crippen molar-refractivity contribution in [3.63, 3.8) is 0 Å². The average molecular weight is 368 g/mol. The van der Waals surface area contributed by atoms with Crippen molar-refractivity contribution in [2.24, 2.45) is 0 Å². The van der Waals surface area contributed by atoms with Gasteiger partial charge in [-0.2, -0.15) is 0 Å². The van der Waals surface area contributed by atoms with Crippen molar-refractivity contribution >= 4 is 0 Å². The Kier molecular flexibility index (Phi) is 4.06. The zero-order chi connectivity index (χ0) is 19.4. The van der Waals surface area contributed by atoms with Crippen molar-refractivity contribution in [3.05, 3.63) is 41.0 Å². The Balaban J connectivity index is 1.68. The average Bonchev–Trinajstić information content (AvgIpc) is 2.57. The van der Waals surface area contributed by atoms with Gasteiger partial charge in [0.1, 0.15) is 28.5 Å². The van der Waals surface area contributed by atoms with E-state index in [1.807, 2.05) is 25.1 Å². The third-order valence-electron chi connectivity index (χ3n) is 5.48. The Morgan fingerprint density at radius 1 is 0.963 bits per heavy atom. The van der Waals surface area contributed by atoms with Crippen LogP contribution in [0.2, 0.25) is 0 Å². The van der Waals surface area contributed by atoms with Crippen LogP contribution in [0.4, 0.5) is 0 Å². The van der Waals surface area contributed by atoms with Gasteiger partial charge in [-0.05, 0) is 95.7 Å². The summed E-state index contributed by atoms with van der Waals surface area (Å²) in [4.78, 5) is 0. The number of hydrogen-bond acceptors (Lipinski definition) is 4. The lowest BCUT2D eigenvalue weighted by molar-refractivity contribution is 0.0822. The van der Waals surface area contributed by atoms with Crippen LogP contribution in [0.5, 0.6) is 28.7 Å². The van der Waals surface area contributed by atoms with E-state index in [0.29, 0.717) is 11.5 Å². The third kappa shape index (κ3) is 3.45. The molecule has 0 bridgehead atoms. The minimum Gasteiger partial charge on any atom is -0.504 e. The summed E-state index contributed by atoms with van der Waals surface area (Å²) < 4.78 is 18.4. The van der Waals surface area contributed by atoms with Gasteiger partial charge < -0.3 is 19.3 Å². The first-order valence-corrected chi connectivity index (χ1v) is 9.68. The molecule has 2 heterocycles. The minimum atomic E-state index is -0.206. The summed E-state index contributed by atoms with van der Waals surface area (Å²) >= 11 is 0. The van der Waals surface area contributed by atoms with Gasteiger partial charge in [-0.3, -0.25) is 0 Å². The molecule has 2 aliphatic rings. The molecule has 0 saturated heterocycles. The van der Waals surface area contributed by atoms with Crippen molar-refractivity contribution in [2.45, 2.75) is 71.5 Å². The van der Waals surface area contributed by atoms with Gasteiger partial charge in [0.25, 0.3) is 0 Å². The molecule has 144 valence electrons. The molecule has 0 aromatic heterocycles. The highest BCUT2D eigenvalue weighted by Gasteiger charge is 2.32. The number of phenols is 1. The monoisotopic (exact) mass is 368 g/mol. The van der Waals surface area contributed by atoms with Gasteiger partial charge in [-0.15, -0.1) is 0 Å². The molecule has 4 rings (SSSR count). The predicted octanol–water partition coefficient (Wildman–Crippen LogP) is 5.70. The van der Waals surface area contributed by atoms with Gasteiger partial charge >= 0.3 is 0 Å². The fourth-order valence-corrected chi connectivity index (χ4v) is 3.88. The molecule has 0 unspecified atom stereocenters. The van der Waals surface area contributed by atoms with Gasteiger partial charge in [0.05, 0.1) is 0 Å². The second-order valence-corrected chi connectivity index (χ2v) is 8.94. The van der Waals surface area contributed by atoms with Crippen LogP contribution >= 0.6 is 0 Å². The summed E-state index contributed by atoms with van der Waals surface area (Å²) in [6.07, 6.45) is 3.62. The van der Waals surface area contributed by atoms with Crippen LogP contribution in [-0.4, -0.2) is 16.3 Å². The molecule has 2 aromatic rings. The Morgan fingerprint density at radius 2 is 1.67 bits per heavy atom. The van der Waals surface area contributed by atoms with Gasteiger partial charge in [-0.25, -0.2) is 0 Å². The molecule has 0 fully saturated rings. The molecule has 1 N–H and O–H groups in total. The standard InChI is InChI=1S/C23H28O4/c1-14-12-18(24)21(17-9-11-23(4,5)27-20(14)17)25-16-6-7-19-15(13-16)8-10-22(2,3)26-19/h6-7,12-13,24H,8-11H2,1-5H3. The van der Waals surface area contributed by atoms with Crippen molar-refractivity contribution in [1.29, 1.82) is 0 Å². The number of hydrogen-bond donors (Lipinski definition) is 1. The molecule has 4 heteroatoms. The molecule has 0 amide bonds. The van der Waals surface area contributed by atoms with Crippen LogP contribution in [0, 0.1) is 6.92 Å². The normalized spacial score (nSPS) is 19.3. The van der Waals surface area contributed by atoms with E-state index in [4.69, 9.17) is 14.2 Å². The first-order valence-electron chi connectivity index (χ1n) is 9.68. The van der Waals surface area contributed by atoms with Crippen LogP contribution in [0.15, 0.2) is 24.3 Å². The topological polar surface area (TPSA) is 47.9 Å². The molecule has 0 spiro atoms. The molecular weight excluding hydrogens is 340 g/mol. The first kappa shape index (κ1) is 18.0. The first-order chi connectivity index (χ1) is 12.6. The predicted molar refractivity (Wildman–Crippen MR) is 105 cm³/mol. The maximum atomic E-state index is 10.5. The van der Waals surface area contributed by atoms with Gasteiger partial charge in [-0.1, -0.05) is 0 Å². The highest BCUT2D eigenvalue weighted by atomic mass is 16.5. The van der Waals surface area contributed by atoms with Gasteiger partial charge in [0.2, 0.25) is 0 Å². The molecule has 0 saturated carbocycles. The second-order valence-electron chi connectivity index (χ2n) is 8.94. The SMILES string of the molecule is Cc1cc(O)c(Oc2ccc3c(c2)CCC(C)(C)O3)c2c1OC(C)(C)CC2. The number of phenolic OH excluding ortho intramolecular Hbond substituents is 1. The van der Waals surface area contributed by atoms with Crippen molar-refractivity contribution in [2.75, 3.05) is 0 Å². The minimum absolute atomic E-state index is 0.131. The zero-order valence-corrected chi connectivity index (χ0v) is 16.8. The molecule has 0 atom stereocenters. The van der Waals surface area contributed by atoms with Gasteiger partial charge in [0.15, 0.2) is 11.5 Å². The summed E-state index contributed by atoms with van der Waals surface area (Å²) in [5.41, 5.74) is 2.69. The molecule has 0 radical (unpaired) electrons. The van der Waals surface area contributed by atoms with Crippen molar-refractivity contribution < 1.29 is 19.3 Å². The molecule has 2 aromatic carbocycles. The molecule has 4 nitrogen and oxygen atoms in total. The van der Waals surface area contributed by atoms with Crippen molar-refractivity contribution in [3.8, 4) is 28.7 Å². The number of aryl methyl sites for hydroxylation is 2. The summed E-state index contributed by atoms with van der Waals surface area (Å²) in [5.74, 6) is 3.12. The number of aromatic hydroxyl groups is 1. The largest absolute Gasteiger partial charge is 0.504 e. The van der Waals surface area contributed by atoms with Crippen LogP contribution in [0.3, 0.4) is 0 Å². The van der Waals surface area contributed by atoms with Crippen molar-refractivity contribution in [1.82, 2.24) is 0 Å². The van der Waals surface area contributed by atoms with Gasteiger partial charge in [0, 0.05) is 5.56 Å². The smallest absolute Gasteiger partial charge is 0.175 e. The summed E-state index contributed by atoms with van der Waals surface area (Å²) in [7, 11) is 0. The van der Waals surface area contributed by atoms with Crippen LogP contribution in [0.25, 0.3) is 0 Å². The maximum Gasteiger partial charge on any atom is 0.175 e. The quantitative estimate of drug-likeness (QED) is 0.738. The fraction of sp³-hybridized carbons (Fsp3) is 0.478. The highest BCUT2D eigenvalue weighted by molar-refractivity contribution is 5.59. The lowest BCUT2D eigenvalue weighted by Gasteiger charge is -2.34. The lowest BCUT2D eigenvalue weighted by Crippen LogP contribution is -2.33. The molecule has 27 heavy (non-hydrogen) atoms. The fourth-order valence-electron chi connectivity index (χ4n) is 3.88. The number of ether oxygens (including phenoxy) is 3. The van der Waals surface area contributed by atoms with E-state index in [-0.39, 0.29) is 17.0 Å². The molecule has 0 aliphatic carbocycles. The molecule has 2 aliphatic heterocycles. The van der Waals surface area contributed by atoms with Crippen LogP contribution in [-0.2, 0) is 12.8 Å². The summed E-state index contributed by atoms with van der Waals surface area (Å²) in [5, 5.41) is 10.5. The van der Waals surface area contributed by atoms with E-state index >= 15 is 0 Å². The molecular formula is C23H28O4. The second kappa shape index (κ2) is 6.08. The zero-order valence-electron chi connectivity index (χ0n) is 16.8. The van der Waals surface area contributed by atoms with E-state index < -0.39 is 0 Å². The Bertz CT molecular complexity index is 896. The van der Waals surface area contributed by atoms with Crippen LogP contribution in [0.1, 0.15) is 57.2 Å². The lowest BCUT2D eigenvalue weighted by atomic mass is 9.92.